The molecule has 10 heteroatoms. The molecule has 2 amide bonds. The van der Waals surface area contributed by atoms with Crippen LogP contribution >= 0.6 is 11.3 Å². The molecule has 1 aliphatic rings. The van der Waals surface area contributed by atoms with Crippen molar-refractivity contribution in [3.8, 4) is 0 Å². The molecule has 0 aliphatic carbocycles. The van der Waals surface area contributed by atoms with E-state index in [0.29, 0.717) is 24.4 Å². The van der Waals surface area contributed by atoms with Gasteiger partial charge < -0.3 is 10.6 Å². The molecule has 1 saturated heterocycles. The van der Waals surface area contributed by atoms with Crippen molar-refractivity contribution in [2.75, 3.05) is 18.4 Å². The standard InChI is InChI=1S/C21H28N4O4S2/c1-15(2)14-18(20(27)24-21-22-10-13-30-21)23-19(26)16-8-11-25(12-9-16)31(28,29)17-6-4-3-5-7-17/h3-7,10,13,15-16,18H,8-9,11-12,14H2,1-2H3,(H,23,26)(H,22,24,27). The molecule has 0 bridgehead atoms. The number of aromatic nitrogens is 1. The van der Waals surface area contributed by atoms with Crippen LogP contribution in [0, 0.1) is 11.8 Å². The Morgan fingerprint density at radius 1 is 1.19 bits per heavy atom. The largest absolute Gasteiger partial charge is 0.344 e. The van der Waals surface area contributed by atoms with Gasteiger partial charge in [0.25, 0.3) is 0 Å². The fraction of sp³-hybridized carbons (Fsp3) is 0.476. The van der Waals surface area contributed by atoms with Crippen LogP contribution in [0.5, 0.6) is 0 Å². The summed E-state index contributed by atoms with van der Waals surface area (Å²) in [7, 11) is -3.56. The summed E-state index contributed by atoms with van der Waals surface area (Å²) in [6.45, 7) is 4.52. The molecular formula is C21H28N4O4S2. The van der Waals surface area contributed by atoms with E-state index in [1.807, 2.05) is 13.8 Å². The first-order valence-corrected chi connectivity index (χ1v) is 12.6. The Labute approximate surface area is 187 Å². The van der Waals surface area contributed by atoms with Gasteiger partial charge in [-0.1, -0.05) is 32.0 Å². The molecule has 1 aliphatic heterocycles. The predicted molar refractivity (Wildman–Crippen MR) is 120 cm³/mol. The topological polar surface area (TPSA) is 108 Å². The number of rotatable bonds is 8. The summed E-state index contributed by atoms with van der Waals surface area (Å²) in [4.78, 5) is 29.8. The van der Waals surface area contributed by atoms with Gasteiger partial charge in [-0.3, -0.25) is 9.59 Å². The van der Waals surface area contributed by atoms with E-state index in [2.05, 4.69) is 15.6 Å². The van der Waals surface area contributed by atoms with Crippen LogP contribution < -0.4 is 10.6 Å². The lowest BCUT2D eigenvalue weighted by Gasteiger charge is -2.31. The number of piperidine rings is 1. The molecule has 3 rings (SSSR count). The van der Waals surface area contributed by atoms with Crippen molar-refractivity contribution in [3.05, 3.63) is 41.9 Å². The molecule has 0 radical (unpaired) electrons. The Hall–Kier alpha value is -2.30. The van der Waals surface area contributed by atoms with Gasteiger partial charge in [-0.15, -0.1) is 11.3 Å². The van der Waals surface area contributed by atoms with E-state index in [-0.39, 0.29) is 41.6 Å². The molecule has 2 aromatic rings. The minimum absolute atomic E-state index is 0.211. The van der Waals surface area contributed by atoms with Crippen LogP contribution in [0.4, 0.5) is 5.13 Å². The molecule has 1 unspecified atom stereocenters. The van der Waals surface area contributed by atoms with E-state index in [1.54, 1.807) is 41.9 Å². The summed E-state index contributed by atoms with van der Waals surface area (Å²) in [5.41, 5.74) is 0. The zero-order chi connectivity index (χ0) is 22.4. The van der Waals surface area contributed by atoms with Crippen molar-refractivity contribution in [1.29, 1.82) is 0 Å². The highest BCUT2D eigenvalue weighted by molar-refractivity contribution is 7.89. The van der Waals surface area contributed by atoms with Crippen LogP contribution in [-0.4, -0.2) is 48.7 Å². The quantitative estimate of drug-likeness (QED) is 0.624. The summed E-state index contributed by atoms with van der Waals surface area (Å²) < 4.78 is 27.0. The fourth-order valence-electron chi connectivity index (χ4n) is 3.57. The molecule has 168 valence electrons. The Bertz CT molecular complexity index is 970. The number of thiazole rings is 1. The molecule has 2 N–H and O–H groups in total. The summed E-state index contributed by atoms with van der Waals surface area (Å²) in [5.74, 6) is -0.618. The predicted octanol–water partition coefficient (Wildman–Crippen LogP) is 2.71. The van der Waals surface area contributed by atoms with Crippen molar-refractivity contribution in [2.45, 2.75) is 44.0 Å². The van der Waals surface area contributed by atoms with Crippen LogP contribution in [0.2, 0.25) is 0 Å². The van der Waals surface area contributed by atoms with E-state index in [1.165, 1.54) is 15.6 Å². The third-order valence-electron chi connectivity index (χ3n) is 5.21. The van der Waals surface area contributed by atoms with Gasteiger partial charge >= 0.3 is 0 Å². The number of hydrogen-bond acceptors (Lipinski definition) is 6. The summed E-state index contributed by atoms with van der Waals surface area (Å²) in [6.07, 6.45) is 2.94. The van der Waals surface area contributed by atoms with Gasteiger partial charge in [0.2, 0.25) is 21.8 Å². The molecular weight excluding hydrogens is 436 g/mol. The number of anilines is 1. The third kappa shape index (κ3) is 6.11. The highest BCUT2D eigenvalue weighted by Crippen LogP contribution is 2.24. The van der Waals surface area contributed by atoms with Crippen molar-refractivity contribution in [2.24, 2.45) is 11.8 Å². The second-order valence-corrected chi connectivity index (χ2v) is 10.8. The van der Waals surface area contributed by atoms with E-state index in [4.69, 9.17) is 0 Å². The molecule has 8 nitrogen and oxygen atoms in total. The van der Waals surface area contributed by atoms with Crippen LogP contribution in [-0.2, 0) is 19.6 Å². The maximum atomic E-state index is 12.9. The number of amides is 2. The van der Waals surface area contributed by atoms with Gasteiger partial charge in [0.1, 0.15) is 6.04 Å². The molecule has 1 atom stereocenters. The minimum atomic E-state index is -3.56. The molecule has 0 spiro atoms. The van der Waals surface area contributed by atoms with Crippen LogP contribution in [0.3, 0.4) is 0 Å². The van der Waals surface area contributed by atoms with Crippen molar-refractivity contribution >= 4 is 38.3 Å². The smallest absolute Gasteiger partial charge is 0.248 e. The first-order valence-electron chi connectivity index (χ1n) is 10.3. The van der Waals surface area contributed by atoms with Gasteiger partial charge in [-0.2, -0.15) is 4.31 Å². The van der Waals surface area contributed by atoms with Gasteiger partial charge in [0, 0.05) is 30.6 Å². The molecule has 2 heterocycles. The Morgan fingerprint density at radius 3 is 2.45 bits per heavy atom. The van der Waals surface area contributed by atoms with Crippen molar-refractivity contribution in [1.82, 2.24) is 14.6 Å². The van der Waals surface area contributed by atoms with E-state index >= 15 is 0 Å². The first kappa shape index (κ1) is 23.4. The van der Waals surface area contributed by atoms with Crippen molar-refractivity contribution < 1.29 is 18.0 Å². The van der Waals surface area contributed by atoms with Crippen LogP contribution in [0.25, 0.3) is 0 Å². The highest BCUT2D eigenvalue weighted by atomic mass is 32.2. The summed E-state index contributed by atoms with van der Waals surface area (Å²) in [5, 5.41) is 7.88. The van der Waals surface area contributed by atoms with Crippen LogP contribution in [0.1, 0.15) is 33.1 Å². The third-order valence-corrected chi connectivity index (χ3v) is 7.81. The maximum absolute atomic E-state index is 12.9. The number of carbonyl (C=O) groups excluding carboxylic acids is 2. The average molecular weight is 465 g/mol. The molecule has 1 fully saturated rings. The number of benzene rings is 1. The Balaban J connectivity index is 1.59. The summed E-state index contributed by atoms with van der Waals surface area (Å²) in [6, 6.07) is 7.64. The van der Waals surface area contributed by atoms with E-state index in [0.717, 1.165) is 0 Å². The molecule has 0 saturated carbocycles. The number of nitrogens with zero attached hydrogens (tertiary/aromatic N) is 2. The number of nitrogens with one attached hydrogen (secondary N) is 2. The SMILES string of the molecule is CC(C)CC(NC(=O)C1CCN(S(=O)(=O)c2ccccc2)CC1)C(=O)Nc1nccs1. The number of sulfonamides is 1. The molecule has 1 aromatic heterocycles. The normalized spacial score (nSPS) is 16.7. The lowest BCUT2D eigenvalue weighted by Crippen LogP contribution is -2.49. The van der Waals surface area contributed by atoms with E-state index < -0.39 is 16.1 Å². The lowest BCUT2D eigenvalue weighted by atomic mass is 9.95. The monoisotopic (exact) mass is 464 g/mol. The fourth-order valence-corrected chi connectivity index (χ4v) is 5.59. The maximum Gasteiger partial charge on any atom is 0.248 e. The highest BCUT2D eigenvalue weighted by Gasteiger charge is 2.33. The summed E-state index contributed by atoms with van der Waals surface area (Å²) >= 11 is 1.32. The number of hydrogen-bond donors (Lipinski definition) is 2. The van der Waals surface area contributed by atoms with E-state index in [9.17, 15) is 18.0 Å². The van der Waals surface area contributed by atoms with Gasteiger partial charge in [0.15, 0.2) is 5.13 Å². The second kappa shape index (κ2) is 10.3. The molecule has 31 heavy (non-hydrogen) atoms. The Kier molecular flexibility index (Phi) is 7.79. The zero-order valence-electron chi connectivity index (χ0n) is 17.7. The average Bonchev–Trinajstić information content (AvgIpc) is 3.26. The first-order chi connectivity index (χ1) is 14.8. The van der Waals surface area contributed by atoms with Gasteiger partial charge in [-0.05, 0) is 37.3 Å². The second-order valence-electron chi connectivity index (χ2n) is 8.01. The molecule has 1 aromatic carbocycles. The van der Waals surface area contributed by atoms with Gasteiger partial charge in [-0.25, -0.2) is 13.4 Å². The Morgan fingerprint density at radius 2 is 1.87 bits per heavy atom. The lowest BCUT2D eigenvalue weighted by molar-refractivity contribution is -0.130. The van der Waals surface area contributed by atoms with Crippen LogP contribution in [0.15, 0.2) is 46.8 Å². The van der Waals surface area contributed by atoms with Crippen molar-refractivity contribution in [3.63, 3.8) is 0 Å². The number of carbonyl (C=O) groups is 2. The van der Waals surface area contributed by atoms with Gasteiger partial charge in [0.05, 0.1) is 4.90 Å². The minimum Gasteiger partial charge on any atom is -0.344 e. The zero-order valence-corrected chi connectivity index (χ0v) is 19.3.